The average molecular weight is 237 g/mol. The maximum atomic E-state index is 5.96. The molecule has 0 bridgehead atoms. The molecule has 0 aliphatic rings. The summed E-state index contributed by atoms with van der Waals surface area (Å²) in [5, 5.41) is 4.76. The Bertz CT molecular complexity index is 494. The maximum absolute atomic E-state index is 5.96. The normalized spacial score (nSPS) is 10.7. The van der Waals surface area contributed by atoms with Crippen molar-refractivity contribution in [1.82, 2.24) is 5.16 Å². The van der Waals surface area contributed by atoms with E-state index in [1.165, 1.54) is 0 Å². The molecular weight excluding hydrogens is 224 g/mol. The Hall–Kier alpha value is -1.32. The van der Waals surface area contributed by atoms with E-state index in [9.17, 15) is 0 Å². The van der Waals surface area contributed by atoms with Gasteiger partial charge in [-0.3, -0.25) is 0 Å². The third kappa shape index (κ3) is 2.26. The lowest BCUT2D eigenvalue weighted by Crippen LogP contribution is -2.01. The zero-order valence-electron chi connectivity index (χ0n) is 9.03. The zero-order chi connectivity index (χ0) is 11.5. The highest BCUT2D eigenvalue weighted by molar-refractivity contribution is 6.31. The van der Waals surface area contributed by atoms with Crippen molar-refractivity contribution in [3.63, 3.8) is 0 Å². The van der Waals surface area contributed by atoms with E-state index in [0.717, 1.165) is 27.6 Å². The first-order chi connectivity index (χ1) is 7.70. The minimum atomic E-state index is 0.564. The van der Waals surface area contributed by atoms with Crippen LogP contribution in [-0.4, -0.2) is 11.7 Å². The van der Waals surface area contributed by atoms with E-state index in [2.05, 4.69) is 5.16 Å². The summed E-state index contributed by atoms with van der Waals surface area (Å²) < 4.78 is 5.17. The highest BCUT2D eigenvalue weighted by Crippen LogP contribution is 2.24. The van der Waals surface area contributed by atoms with Crippen LogP contribution in [0.15, 0.2) is 28.8 Å². The molecule has 0 aliphatic heterocycles. The molecule has 84 valence electrons. The Kier molecular flexibility index (Phi) is 3.27. The second kappa shape index (κ2) is 4.68. The van der Waals surface area contributed by atoms with E-state index >= 15 is 0 Å². The monoisotopic (exact) mass is 236 g/mol. The number of halogens is 1. The molecule has 1 heterocycles. The van der Waals surface area contributed by atoms with Crippen LogP contribution in [0.1, 0.15) is 11.3 Å². The van der Waals surface area contributed by atoms with Gasteiger partial charge in [0.05, 0.1) is 0 Å². The van der Waals surface area contributed by atoms with Crippen LogP contribution in [0.25, 0.3) is 11.3 Å². The van der Waals surface area contributed by atoms with E-state index in [4.69, 9.17) is 21.9 Å². The minimum absolute atomic E-state index is 0.564. The Morgan fingerprint density at radius 3 is 2.88 bits per heavy atom. The molecule has 0 aliphatic carbocycles. The molecule has 0 saturated heterocycles. The number of nitrogens with two attached hydrogens (primary N) is 1. The molecule has 2 rings (SSSR count). The first-order valence-electron chi connectivity index (χ1n) is 5.13. The van der Waals surface area contributed by atoms with Gasteiger partial charge in [-0.05, 0) is 31.2 Å². The van der Waals surface area contributed by atoms with Crippen molar-refractivity contribution in [3.8, 4) is 11.3 Å². The highest BCUT2D eigenvalue weighted by Gasteiger charge is 2.07. The van der Waals surface area contributed by atoms with Gasteiger partial charge in [0.2, 0.25) is 0 Å². The van der Waals surface area contributed by atoms with Crippen molar-refractivity contribution in [3.05, 3.63) is 40.6 Å². The fraction of sp³-hybridized carbons (Fsp3) is 0.250. The number of hydrogen-bond acceptors (Lipinski definition) is 3. The molecule has 2 aromatic rings. The molecule has 0 fully saturated rings. The van der Waals surface area contributed by atoms with Crippen molar-refractivity contribution >= 4 is 11.6 Å². The van der Waals surface area contributed by atoms with E-state index < -0.39 is 0 Å². The molecule has 1 aromatic carbocycles. The number of aromatic nitrogens is 1. The number of benzene rings is 1. The molecule has 3 nitrogen and oxygen atoms in total. The molecule has 0 saturated carbocycles. The molecule has 1 aromatic heterocycles. The third-order valence-corrected chi connectivity index (χ3v) is 2.83. The SMILES string of the molecule is Cc1cc(-c2cc(CCN)on2)ccc1Cl. The Morgan fingerprint density at radius 2 is 2.19 bits per heavy atom. The first kappa shape index (κ1) is 11.2. The number of aryl methyl sites for hydroxylation is 1. The van der Waals surface area contributed by atoms with Gasteiger partial charge in [0.15, 0.2) is 0 Å². The highest BCUT2D eigenvalue weighted by atomic mass is 35.5. The lowest BCUT2D eigenvalue weighted by Gasteiger charge is -1.99. The fourth-order valence-electron chi connectivity index (χ4n) is 1.51. The summed E-state index contributed by atoms with van der Waals surface area (Å²) in [6, 6.07) is 7.70. The quantitative estimate of drug-likeness (QED) is 0.892. The topological polar surface area (TPSA) is 52.0 Å². The summed E-state index contributed by atoms with van der Waals surface area (Å²) >= 11 is 5.96. The Morgan fingerprint density at radius 1 is 1.38 bits per heavy atom. The maximum Gasteiger partial charge on any atom is 0.138 e. The van der Waals surface area contributed by atoms with E-state index in [1.807, 2.05) is 31.2 Å². The van der Waals surface area contributed by atoms with Gasteiger partial charge in [-0.25, -0.2) is 0 Å². The second-order valence-corrected chi connectivity index (χ2v) is 4.09. The van der Waals surface area contributed by atoms with E-state index in [-0.39, 0.29) is 0 Å². The van der Waals surface area contributed by atoms with Crippen LogP contribution in [0.2, 0.25) is 5.02 Å². The standard InChI is InChI=1S/C12H13ClN2O/c1-8-6-9(2-3-11(8)13)12-7-10(4-5-14)16-15-12/h2-3,6-7H,4-5,14H2,1H3. The molecule has 0 atom stereocenters. The van der Waals surface area contributed by atoms with Gasteiger partial charge in [-0.1, -0.05) is 22.8 Å². The second-order valence-electron chi connectivity index (χ2n) is 3.68. The summed E-state index contributed by atoms with van der Waals surface area (Å²) in [4.78, 5) is 0. The molecule has 0 radical (unpaired) electrons. The summed E-state index contributed by atoms with van der Waals surface area (Å²) in [5.74, 6) is 0.810. The van der Waals surface area contributed by atoms with Crippen LogP contribution in [0.5, 0.6) is 0 Å². The molecule has 4 heteroatoms. The van der Waals surface area contributed by atoms with Gasteiger partial charge in [-0.15, -0.1) is 0 Å². The molecule has 0 unspecified atom stereocenters. The van der Waals surface area contributed by atoms with Crippen molar-refractivity contribution in [2.45, 2.75) is 13.3 Å². The Balaban J connectivity index is 2.31. The molecular formula is C12H13ClN2O. The smallest absolute Gasteiger partial charge is 0.138 e. The van der Waals surface area contributed by atoms with Gasteiger partial charge in [0.25, 0.3) is 0 Å². The fourth-order valence-corrected chi connectivity index (χ4v) is 1.63. The van der Waals surface area contributed by atoms with Crippen LogP contribution < -0.4 is 5.73 Å². The minimum Gasteiger partial charge on any atom is -0.361 e. The molecule has 2 N–H and O–H groups in total. The lowest BCUT2D eigenvalue weighted by atomic mass is 10.1. The van der Waals surface area contributed by atoms with Crippen LogP contribution in [-0.2, 0) is 6.42 Å². The van der Waals surface area contributed by atoms with Crippen LogP contribution in [0.4, 0.5) is 0 Å². The molecule has 0 spiro atoms. The average Bonchev–Trinajstić information content (AvgIpc) is 2.71. The predicted octanol–water partition coefficient (Wildman–Crippen LogP) is 2.80. The predicted molar refractivity (Wildman–Crippen MR) is 64.4 cm³/mol. The number of nitrogens with zero attached hydrogens (tertiary/aromatic N) is 1. The summed E-state index contributed by atoms with van der Waals surface area (Å²) in [6.07, 6.45) is 0.708. The molecule has 16 heavy (non-hydrogen) atoms. The van der Waals surface area contributed by atoms with Crippen molar-refractivity contribution < 1.29 is 4.52 Å². The summed E-state index contributed by atoms with van der Waals surface area (Å²) in [7, 11) is 0. The zero-order valence-corrected chi connectivity index (χ0v) is 9.79. The van der Waals surface area contributed by atoms with E-state index in [1.54, 1.807) is 0 Å². The van der Waals surface area contributed by atoms with Crippen LogP contribution in [0.3, 0.4) is 0 Å². The summed E-state index contributed by atoms with van der Waals surface area (Å²) in [6.45, 7) is 2.53. The number of hydrogen-bond donors (Lipinski definition) is 1. The van der Waals surface area contributed by atoms with Gasteiger partial charge in [0.1, 0.15) is 11.5 Å². The van der Waals surface area contributed by atoms with Crippen molar-refractivity contribution in [2.75, 3.05) is 6.54 Å². The van der Waals surface area contributed by atoms with Crippen LogP contribution in [0, 0.1) is 6.92 Å². The van der Waals surface area contributed by atoms with Crippen LogP contribution >= 0.6 is 11.6 Å². The van der Waals surface area contributed by atoms with Gasteiger partial charge < -0.3 is 10.3 Å². The number of rotatable bonds is 3. The van der Waals surface area contributed by atoms with Gasteiger partial charge >= 0.3 is 0 Å². The first-order valence-corrected chi connectivity index (χ1v) is 5.50. The van der Waals surface area contributed by atoms with E-state index in [0.29, 0.717) is 13.0 Å². The lowest BCUT2D eigenvalue weighted by molar-refractivity contribution is 0.386. The van der Waals surface area contributed by atoms with Crippen molar-refractivity contribution in [2.24, 2.45) is 5.73 Å². The third-order valence-electron chi connectivity index (χ3n) is 2.40. The van der Waals surface area contributed by atoms with Gasteiger partial charge in [-0.2, -0.15) is 0 Å². The Labute approximate surface area is 99.2 Å². The summed E-state index contributed by atoms with van der Waals surface area (Å²) in [5.41, 5.74) is 8.31. The van der Waals surface area contributed by atoms with Crippen molar-refractivity contribution in [1.29, 1.82) is 0 Å². The largest absolute Gasteiger partial charge is 0.361 e. The molecule has 0 amide bonds. The van der Waals surface area contributed by atoms with Gasteiger partial charge in [0, 0.05) is 23.1 Å².